The minimum absolute atomic E-state index is 0.121. The van der Waals surface area contributed by atoms with Gasteiger partial charge in [0.15, 0.2) is 0 Å². The number of rotatable bonds is 6. The fraction of sp³-hybridized carbons (Fsp3) is 0.0476. The van der Waals surface area contributed by atoms with E-state index in [0.29, 0.717) is 16.8 Å². The molecule has 0 aliphatic rings. The van der Waals surface area contributed by atoms with Gasteiger partial charge in [0.05, 0.1) is 10.6 Å². The fourth-order valence-corrected chi connectivity index (χ4v) is 3.82. The highest BCUT2D eigenvalue weighted by molar-refractivity contribution is 7.92. The first-order chi connectivity index (χ1) is 14.2. The summed E-state index contributed by atoms with van der Waals surface area (Å²) in [5.74, 6) is -1.73. The molecule has 3 aromatic rings. The lowest BCUT2D eigenvalue weighted by Crippen LogP contribution is -2.16. The molecule has 0 aliphatic carbocycles. The molecule has 0 radical (unpaired) electrons. The number of carbonyl (C=O) groups excluding carboxylic acids is 2. The summed E-state index contributed by atoms with van der Waals surface area (Å²) < 4.78 is 40.7. The lowest BCUT2D eigenvalue weighted by Gasteiger charge is -2.10. The Bertz CT molecular complexity index is 1230. The number of aryl methyl sites for hydroxylation is 1. The molecule has 9 heteroatoms. The molecule has 0 aromatic heterocycles. The van der Waals surface area contributed by atoms with E-state index in [1.54, 1.807) is 19.1 Å². The van der Waals surface area contributed by atoms with Crippen LogP contribution < -0.4 is 15.8 Å². The summed E-state index contributed by atoms with van der Waals surface area (Å²) in [7, 11) is -4.02. The van der Waals surface area contributed by atoms with Crippen LogP contribution in [0.1, 0.15) is 26.3 Å². The number of hydrogen-bond acceptors (Lipinski definition) is 4. The largest absolute Gasteiger partial charge is 0.366 e. The summed E-state index contributed by atoms with van der Waals surface area (Å²) in [4.78, 5) is 23.6. The van der Waals surface area contributed by atoms with Gasteiger partial charge in [-0.25, -0.2) is 12.8 Å². The number of para-hydroxylation sites is 1. The van der Waals surface area contributed by atoms with Crippen molar-refractivity contribution >= 4 is 33.2 Å². The van der Waals surface area contributed by atoms with Crippen molar-refractivity contribution in [2.75, 3.05) is 10.0 Å². The van der Waals surface area contributed by atoms with E-state index in [4.69, 9.17) is 5.73 Å². The van der Waals surface area contributed by atoms with Crippen LogP contribution in [-0.2, 0) is 10.0 Å². The predicted molar refractivity (Wildman–Crippen MR) is 111 cm³/mol. The van der Waals surface area contributed by atoms with Gasteiger partial charge in [-0.3, -0.25) is 14.3 Å². The molecular weight excluding hydrogens is 409 g/mol. The average Bonchev–Trinajstić information content (AvgIpc) is 2.69. The number of primary amides is 1. The third kappa shape index (κ3) is 4.64. The molecule has 0 unspecified atom stereocenters. The molecular formula is C21H18FN3O4S. The Balaban J connectivity index is 1.75. The van der Waals surface area contributed by atoms with E-state index >= 15 is 0 Å². The van der Waals surface area contributed by atoms with Crippen LogP contribution >= 0.6 is 0 Å². The SMILES string of the molecule is Cc1cc(NC(=O)c2ccc(S(=O)(=O)Nc3ccccc3F)cc2)ccc1C(N)=O. The van der Waals surface area contributed by atoms with Gasteiger partial charge in [0.1, 0.15) is 5.82 Å². The summed E-state index contributed by atoms with van der Waals surface area (Å²) >= 11 is 0. The fourth-order valence-electron chi connectivity index (χ4n) is 2.75. The van der Waals surface area contributed by atoms with Crippen LogP contribution in [0.25, 0.3) is 0 Å². The number of halogens is 1. The molecule has 154 valence electrons. The molecule has 0 fully saturated rings. The van der Waals surface area contributed by atoms with Crippen molar-refractivity contribution in [1.82, 2.24) is 0 Å². The van der Waals surface area contributed by atoms with E-state index in [9.17, 15) is 22.4 Å². The van der Waals surface area contributed by atoms with Gasteiger partial charge in [-0.2, -0.15) is 0 Å². The topological polar surface area (TPSA) is 118 Å². The number of hydrogen-bond donors (Lipinski definition) is 3. The minimum atomic E-state index is -4.02. The molecule has 0 aliphatic heterocycles. The molecule has 4 N–H and O–H groups in total. The van der Waals surface area contributed by atoms with Crippen LogP contribution in [0.5, 0.6) is 0 Å². The molecule has 0 spiro atoms. The maximum absolute atomic E-state index is 13.7. The van der Waals surface area contributed by atoms with E-state index in [1.165, 1.54) is 48.5 Å². The number of nitrogens with one attached hydrogen (secondary N) is 2. The molecule has 7 nitrogen and oxygen atoms in total. The Morgan fingerprint density at radius 1 is 0.967 bits per heavy atom. The van der Waals surface area contributed by atoms with Gasteiger partial charge in [0, 0.05) is 16.8 Å². The zero-order valence-corrected chi connectivity index (χ0v) is 16.7. The minimum Gasteiger partial charge on any atom is -0.366 e. The number of amides is 2. The van der Waals surface area contributed by atoms with Crippen molar-refractivity contribution in [3.05, 3.63) is 89.2 Å². The summed E-state index contributed by atoms with van der Waals surface area (Å²) in [6.07, 6.45) is 0. The van der Waals surface area contributed by atoms with Crippen LogP contribution in [0.15, 0.2) is 71.6 Å². The van der Waals surface area contributed by atoms with Crippen LogP contribution in [0, 0.1) is 12.7 Å². The summed E-state index contributed by atoms with van der Waals surface area (Å²) in [5, 5.41) is 2.66. The second-order valence-electron chi connectivity index (χ2n) is 6.46. The smallest absolute Gasteiger partial charge is 0.261 e. The number of carbonyl (C=O) groups is 2. The highest BCUT2D eigenvalue weighted by Gasteiger charge is 2.17. The van der Waals surface area contributed by atoms with Crippen molar-refractivity contribution in [1.29, 1.82) is 0 Å². The second kappa shape index (κ2) is 8.34. The van der Waals surface area contributed by atoms with Crippen LogP contribution in [0.2, 0.25) is 0 Å². The second-order valence-corrected chi connectivity index (χ2v) is 8.14. The first-order valence-corrected chi connectivity index (χ1v) is 10.2. The van der Waals surface area contributed by atoms with E-state index in [-0.39, 0.29) is 16.1 Å². The Labute approximate surface area is 172 Å². The molecule has 0 saturated heterocycles. The Morgan fingerprint density at radius 3 is 2.23 bits per heavy atom. The van der Waals surface area contributed by atoms with Gasteiger partial charge < -0.3 is 11.1 Å². The van der Waals surface area contributed by atoms with Crippen molar-refractivity contribution in [3.63, 3.8) is 0 Å². The van der Waals surface area contributed by atoms with Crippen LogP contribution in [0.4, 0.5) is 15.8 Å². The number of benzene rings is 3. The van der Waals surface area contributed by atoms with E-state index in [2.05, 4.69) is 10.0 Å². The van der Waals surface area contributed by atoms with Gasteiger partial charge in [-0.15, -0.1) is 0 Å². The van der Waals surface area contributed by atoms with E-state index < -0.39 is 27.7 Å². The van der Waals surface area contributed by atoms with Gasteiger partial charge in [-0.1, -0.05) is 12.1 Å². The lowest BCUT2D eigenvalue weighted by molar-refractivity contribution is 0.0997. The van der Waals surface area contributed by atoms with Crippen molar-refractivity contribution in [2.45, 2.75) is 11.8 Å². The highest BCUT2D eigenvalue weighted by Crippen LogP contribution is 2.20. The van der Waals surface area contributed by atoms with Crippen molar-refractivity contribution in [2.24, 2.45) is 5.73 Å². The normalized spacial score (nSPS) is 11.0. The number of sulfonamides is 1. The monoisotopic (exact) mass is 427 g/mol. The van der Waals surface area contributed by atoms with Crippen molar-refractivity contribution in [3.8, 4) is 0 Å². The summed E-state index contributed by atoms with van der Waals surface area (Å²) in [6, 6.07) is 15.2. The Hall–Kier alpha value is -3.72. The zero-order valence-electron chi connectivity index (χ0n) is 15.8. The molecule has 0 atom stereocenters. The average molecular weight is 427 g/mol. The standard InChI is InChI=1S/C21H18FN3O4S/c1-13-12-15(8-11-17(13)20(23)26)24-21(27)14-6-9-16(10-7-14)30(28,29)25-19-5-3-2-4-18(19)22/h2-12,25H,1H3,(H2,23,26)(H,24,27). The van der Waals surface area contributed by atoms with Gasteiger partial charge >= 0.3 is 0 Å². The van der Waals surface area contributed by atoms with Crippen LogP contribution in [-0.4, -0.2) is 20.2 Å². The number of anilines is 2. The van der Waals surface area contributed by atoms with Gasteiger partial charge in [0.2, 0.25) is 5.91 Å². The third-order valence-electron chi connectivity index (χ3n) is 4.29. The maximum Gasteiger partial charge on any atom is 0.261 e. The lowest BCUT2D eigenvalue weighted by atomic mass is 10.1. The Kier molecular flexibility index (Phi) is 5.84. The van der Waals surface area contributed by atoms with Crippen molar-refractivity contribution < 1.29 is 22.4 Å². The molecule has 3 rings (SSSR count). The zero-order chi connectivity index (χ0) is 21.9. The maximum atomic E-state index is 13.7. The summed E-state index contributed by atoms with van der Waals surface area (Å²) in [6.45, 7) is 1.69. The number of nitrogens with two attached hydrogens (primary N) is 1. The molecule has 0 bridgehead atoms. The van der Waals surface area contributed by atoms with Gasteiger partial charge in [-0.05, 0) is 67.1 Å². The molecule has 30 heavy (non-hydrogen) atoms. The molecule has 3 aromatic carbocycles. The predicted octanol–water partition coefficient (Wildman–Crippen LogP) is 3.29. The third-order valence-corrected chi connectivity index (χ3v) is 5.68. The van der Waals surface area contributed by atoms with Gasteiger partial charge in [0.25, 0.3) is 15.9 Å². The van der Waals surface area contributed by atoms with Crippen LogP contribution in [0.3, 0.4) is 0 Å². The molecule has 0 heterocycles. The first kappa shape index (κ1) is 21.0. The summed E-state index contributed by atoms with van der Waals surface area (Å²) in [5.41, 5.74) is 6.73. The first-order valence-electron chi connectivity index (χ1n) is 8.76. The highest BCUT2D eigenvalue weighted by atomic mass is 32.2. The van der Waals surface area contributed by atoms with E-state index in [1.807, 2.05) is 0 Å². The molecule has 0 saturated carbocycles. The quantitative estimate of drug-likeness (QED) is 0.559. The van der Waals surface area contributed by atoms with E-state index in [0.717, 1.165) is 6.07 Å². The Morgan fingerprint density at radius 2 is 1.63 bits per heavy atom. The molecule has 2 amide bonds.